The van der Waals surface area contributed by atoms with Gasteiger partial charge in [-0.3, -0.25) is 4.79 Å². The van der Waals surface area contributed by atoms with E-state index in [1.165, 1.54) is 0 Å². The molecule has 1 amide bonds. The molecule has 1 N–H and O–H groups in total. The summed E-state index contributed by atoms with van der Waals surface area (Å²) in [5.41, 5.74) is 1.66. The van der Waals surface area contributed by atoms with Crippen molar-refractivity contribution < 1.29 is 9.53 Å². The van der Waals surface area contributed by atoms with Gasteiger partial charge in [-0.05, 0) is 37.5 Å². The summed E-state index contributed by atoms with van der Waals surface area (Å²) in [7, 11) is 1.55. The Balaban J connectivity index is 2.97. The zero-order valence-electron chi connectivity index (χ0n) is 14.3. The monoisotopic (exact) mass is 315 g/mol. The normalized spacial score (nSPS) is 10.8. The number of methoxy groups -OCH3 is 1. The van der Waals surface area contributed by atoms with E-state index in [2.05, 4.69) is 19.2 Å². The number of rotatable bonds is 8. The van der Waals surface area contributed by atoms with Crippen LogP contribution < -0.4 is 10.1 Å². The number of hydrogen-bond donors (Lipinski definition) is 1. The Morgan fingerprint density at radius 1 is 1.35 bits per heavy atom. The molecule has 0 radical (unpaired) electrons. The first-order chi connectivity index (χ1) is 11.0. The van der Waals surface area contributed by atoms with E-state index in [1.54, 1.807) is 19.4 Å². The molecule has 0 bridgehead atoms. The molecule has 0 aliphatic carbocycles. The van der Waals surface area contributed by atoms with Gasteiger partial charge in [0, 0.05) is 19.3 Å². The highest BCUT2D eigenvalue weighted by molar-refractivity contribution is 6.07. The summed E-state index contributed by atoms with van der Waals surface area (Å²) in [6.07, 6.45) is 3.57. The molecule has 0 saturated carbocycles. The number of carbonyl (C=O) groups is 1. The average molecular weight is 315 g/mol. The molecule has 0 heterocycles. The van der Waals surface area contributed by atoms with E-state index in [1.807, 2.05) is 30.0 Å². The van der Waals surface area contributed by atoms with Crippen molar-refractivity contribution in [2.75, 3.05) is 25.5 Å². The number of nitriles is 1. The topological polar surface area (TPSA) is 65.4 Å². The van der Waals surface area contributed by atoms with Gasteiger partial charge in [-0.15, -0.1) is 0 Å². The second kappa shape index (κ2) is 9.52. The summed E-state index contributed by atoms with van der Waals surface area (Å²) in [5, 5.41) is 12.1. The standard InChI is InChI=1S/C18H25N3O2/c1-5-9-21(10-6-2)13-15(12-19)18(22)20-16-11-14(3)7-8-17(16)23-4/h7-8,11,13H,5-6,9-10H2,1-4H3,(H,20,22)/b15-13-. The number of nitrogens with one attached hydrogen (secondary N) is 1. The number of anilines is 1. The van der Waals surface area contributed by atoms with Crippen molar-refractivity contribution >= 4 is 11.6 Å². The molecule has 5 nitrogen and oxygen atoms in total. The van der Waals surface area contributed by atoms with E-state index in [0.717, 1.165) is 31.5 Å². The fraction of sp³-hybridized carbons (Fsp3) is 0.444. The summed E-state index contributed by atoms with van der Waals surface area (Å²) < 4.78 is 5.25. The van der Waals surface area contributed by atoms with Gasteiger partial charge in [0.2, 0.25) is 0 Å². The number of nitrogens with zero attached hydrogens (tertiary/aromatic N) is 2. The van der Waals surface area contributed by atoms with Gasteiger partial charge in [-0.2, -0.15) is 5.26 Å². The van der Waals surface area contributed by atoms with Crippen molar-refractivity contribution in [3.63, 3.8) is 0 Å². The van der Waals surface area contributed by atoms with E-state index >= 15 is 0 Å². The molecule has 0 aromatic heterocycles. The molecule has 5 heteroatoms. The number of ether oxygens (including phenoxy) is 1. The Kier molecular flexibility index (Phi) is 7.69. The Bertz CT molecular complexity index is 597. The van der Waals surface area contributed by atoms with Crippen molar-refractivity contribution in [3.8, 4) is 11.8 Å². The van der Waals surface area contributed by atoms with E-state index in [0.29, 0.717) is 11.4 Å². The SMILES string of the molecule is CCCN(/C=C(/C#N)C(=O)Nc1cc(C)ccc1OC)CCC. The van der Waals surface area contributed by atoms with E-state index in [9.17, 15) is 10.1 Å². The molecule has 0 saturated heterocycles. The summed E-state index contributed by atoms with van der Waals surface area (Å²) in [5.74, 6) is 0.147. The van der Waals surface area contributed by atoms with Gasteiger partial charge in [-0.25, -0.2) is 0 Å². The van der Waals surface area contributed by atoms with Crippen LogP contribution in [0.15, 0.2) is 30.0 Å². The van der Waals surface area contributed by atoms with Crippen molar-refractivity contribution in [3.05, 3.63) is 35.5 Å². The van der Waals surface area contributed by atoms with Crippen LogP contribution in [0, 0.1) is 18.3 Å². The Hall–Kier alpha value is -2.48. The molecule has 1 rings (SSSR count). The highest BCUT2D eigenvalue weighted by atomic mass is 16.5. The fourth-order valence-corrected chi connectivity index (χ4v) is 2.25. The fourth-order valence-electron chi connectivity index (χ4n) is 2.25. The zero-order valence-corrected chi connectivity index (χ0v) is 14.3. The number of amides is 1. The van der Waals surface area contributed by atoms with Crippen LogP contribution in [-0.4, -0.2) is 31.0 Å². The smallest absolute Gasteiger partial charge is 0.267 e. The molecule has 124 valence electrons. The molecular formula is C18H25N3O2. The van der Waals surface area contributed by atoms with Gasteiger partial charge in [-0.1, -0.05) is 19.9 Å². The molecular weight excluding hydrogens is 290 g/mol. The third-order valence-electron chi connectivity index (χ3n) is 3.30. The number of carbonyl (C=O) groups excluding carboxylic acids is 1. The third kappa shape index (κ3) is 5.67. The van der Waals surface area contributed by atoms with Crippen LogP contribution >= 0.6 is 0 Å². The minimum absolute atomic E-state index is 0.0930. The quantitative estimate of drug-likeness (QED) is 0.589. The van der Waals surface area contributed by atoms with Crippen LogP contribution in [-0.2, 0) is 4.79 Å². The molecule has 1 aromatic carbocycles. The first-order valence-corrected chi connectivity index (χ1v) is 7.87. The van der Waals surface area contributed by atoms with Gasteiger partial charge in [0.1, 0.15) is 17.4 Å². The lowest BCUT2D eigenvalue weighted by Crippen LogP contribution is -2.23. The lowest BCUT2D eigenvalue weighted by atomic mass is 10.2. The Labute approximate surface area is 138 Å². The highest BCUT2D eigenvalue weighted by Gasteiger charge is 2.14. The van der Waals surface area contributed by atoms with Crippen LogP contribution in [0.5, 0.6) is 5.75 Å². The second-order valence-electron chi connectivity index (χ2n) is 5.35. The van der Waals surface area contributed by atoms with Crippen molar-refractivity contribution in [2.24, 2.45) is 0 Å². The van der Waals surface area contributed by atoms with Gasteiger partial charge in [0.25, 0.3) is 5.91 Å². The van der Waals surface area contributed by atoms with Crippen molar-refractivity contribution in [2.45, 2.75) is 33.6 Å². The lowest BCUT2D eigenvalue weighted by Gasteiger charge is -2.19. The predicted molar refractivity (Wildman–Crippen MR) is 92.2 cm³/mol. The highest BCUT2D eigenvalue weighted by Crippen LogP contribution is 2.25. The molecule has 23 heavy (non-hydrogen) atoms. The maximum Gasteiger partial charge on any atom is 0.267 e. The first kappa shape index (κ1) is 18.6. The summed E-state index contributed by atoms with van der Waals surface area (Å²) in [6.45, 7) is 7.71. The minimum Gasteiger partial charge on any atom is -0.495 e. The molecule has 0 atom stereocenters. The molecule has 0 spiro atoms. The summed E-state index contributed by atoms with van der Waals surface area (Å²) >= 11 is 0. The molecule has 0 unspecified atom stereocenters. The Morgan fingerprint density at radius 3 is 2.52 bits per heavy atom. The van der Waals surface area contributed by atoms with E-state index in [4.69, 9.17) is 4.74 Å². The van der Waals surface area contributed by atoms with Gasteiger partial charge in [0.15, 0.2) is 0 Å². The van der Waals surface area contributed by atoms with Crippen LogP contribution in [0.25, 0.3) is 0 Å². The van der Waals surface area contributed by atoms with Crippen LogP contribution in [0.2, 0.25) is 0 Å². The van der Waals surface area contributed by atoms with E-state index < -0.39 is 5.91 Å². The largest absolute Gasteiger partial charge is 0.495 e. The maximum atomic E-state index is 12.4. The van der Waals surface area contributed by atoms with Crippen molar-refractivity contribution in [1.29, 1.82) is 5.26 Å². The maximum absolute atomic E-state index is 12.4. The lowest BCUT2D eigenvalue weighted by molar-refractivity contribution is -0.112. The number of hydrogen-bond acceptors (Lipinski definition) is 4. The second-order valence-corrected chi connectivity index (χ2v) is 5.35. The Morgan fingerprint density at radius 2 is 2.00 bits per heavy atom. The number of aryl methyl sites for hydroxylation is 1. The van der Waals surface area contributed by atoms with Crippen LogP contribution in [0.4, 0.5) is 5.69 Å². The third-order valence-corrected chi connectivity index (χ3v) is 3.30. The van der Waals surface area contributed by atoms with Gasteiger partial charge >= 0.3 is 0 Å². The van der Waals surface area contributed by atoms with E-state index in [-0.39, 0.29) is 5.57 Å². The molecule has 0 fully saturated rings. The average Bonchev–Trinajstić information content (AvgIpc) is 2.53. The molecule has 0 aliphatic heterocycles. The van der Waals surface area contributed by atoms with Crippen molar-refractivity contribution in [1.82, 2.24) is 4.90 Å². The zero-order chi connectivity index (χ0) is 17.2. The molecule has 0 aliphatic rings. The predicted octanol–water partition coefficient (Wildman–Crippen LogP) is 3.47. The summed E-state index contributed by atoms with van der Waals surface area (Å²) in [4.78, 5) is 14.4. The van der Waals surface area contributed by atoms with Gasteiger partial charge < -0.3 is 15.0 Å². The minimum atomic E-state index is -0.423. The van der Waals surface area contributed by atoms with Crippen LogP contribution in [0.1, 0.15) is 32.3 Å². The van der Waals surface area contributed by atoms with Gasteiger partial charge in [0.05, 0.1) is 12.8 Å². The first-order valence-electron chi connectivity index (χ1n) is 7.87. The number of benzene rings is 1. The molecule has 1 aromatic rings. The van der Waals surface area contributed by atoms with Crippen LogP contribution in [0.3, 0.4) is 0 Å². The summed E-state index contributed by atoms with van der Waals surface area (Å²) in [6, 6.07) is 7.50.